The summed E-state index contributed by atoms with van der Waals surface area (Å²) < 4.78 is 28.7. The second-order valence-corrected chi connectivity index (χ2v) is 14.7. The molecule has 8 rings (SSSR count). The molecule has 1 N–H and O–H groups in total. The number of ether oxygens (including phenoxy) is 4. The lowest BCUT2D eigenvalue weighted by atomic mass is 9.80. The number of nitrogens with one attached hydrogen (secondary N) is 1. The van der Waals surface area contributed by atoms with Crippen LogP contribution in [0.15, 0.2) is 182 Å². The van der Waals surface area contributed by atoms with E-state index >= 15 is 0 Å². The maximum absolute atomic E-state index is 7.51. The highest BCUT2D eigenvalue weighted by atomic mass is 16.6. The summed E-state index contributed by atoms with van der Waals surface area (Å²) in [6, 6.07) is 62.2. The van der Waals surface area contributed by atoms with Crippen LogP contribution < -0.4 is 0 Å². The Kier molecular flexibility index (Phi) is 12.8. The van der Waals surface area contributed by atoms with Crippen molar-refractivity contribution in [3.63, 3.8) is 0 Å². The van der Waals surface area contributed by atoms with Gasteiger partial charge in [0.05, 0.1) is 32.1 Å². The molecule has 6 heteroatoms. The van der Waals surface area contributed by atoms with Crippen molar-refractivity contribution in [1.82, 2.24) is 9.97 Å². The van der Waals surface area contributed by atoms with Crippen LogP contribution in [-0.4, -0.2) is 28.8 Å². The van der Waals surface area contributed by atoms with Crippen LogP contribution in [0.4, 0.5) is 0 Å². The fourth-order valence-corrected chi connectivity index (χ4v) is 7.85. The molecule has 0 unspecified atom stereocenters. The monoisotopic (exact) mass is 754 g/mol. The summed E-state index contributed by atoms with van der Waals surface area (Å²) in [4.78, 5) is 8.95. The van der Waals surface area contributed by atoms with Gasteiger partial charge in [-0.3, -0.25) is 0 Å². The van der Waals surface area contributed by atoms with E-state index in [1.54, 1.807) is 0 Å². The number of benzene rings is 6. The van der Waals surface area contributed by atoms with Crippen molar-refractivity contribution in [3.8, 4) is 0 Å². The van der Waals surface area contributed by atoms with Gasteiger partial charge >= 0.3 is 0 Å². The number of nitrogens with zero attached hydrogens (tertiary/aromatic N) is 1. The number of imidazole rings is 1. The lowest BCUT2D eigenvalue weighted by Gasteiger charge is -2.39. The number of fused-ring (bicyclic) bond motifs is 1. The summed E-state index contributed by atoms with van der Waals surface area (Å²) in [5.74, 6) is 0.754. The molecule has 288 valence electrons. The zero-order valence-corrected chi connectivity index (χ0v) is 32.3. The molecule has 0 bridgehead atoms. The molecule has 0 radical (unpaired) electrons. The van der Waals surface area contributed by atoms with Crippen LogP contribution in [0.2, 0.25) is 0 Å². The summed E-state index contributed by atoms with van der Waals surface area (Å²) in [6.07, 6.45) is 2.32. The third-order valence-electron chi connectivity index (χ3n) is 10.8. The van der Waals surface area contributed by atoms with E-state index in [2.05, 4.69) is 114 Å². The number of H-pyrrole nitrogens is 1. The van der Waals surface area contributed by atoms with Crippen LogP contribution in [0, 0.1) is 0 Å². The summed E-state index contributed by atoms with van der Waals surface area (Å²) in [5.41, 5.74) is 7.55. The fraction of sp³-hybridized carbons (Fsp3) is 0.235. The van der Waals surface area contributed by atoms with Gasteiger partial charge in [0, 0.05) is 5.69 Å². The molecule has 0 fully saturated rings. The van der Waals surface area contributed by atoms with Crippen LogP contribution in [0.25, 0.3) is 0 Å². The smallest absolute Gasteiger partial charge is 0.144 e. The van der Waals surface area contributed by atoms with E-state index in [1.807, 2.05) is 72.8 Å². The molecule has 6 nitrogen and oxygen atoms in total. The largest absolute Gasteiger partial charge is 0.368 e. The topological polar surface area (TPSA) is 65.6 Å². The number of hydrogen-bond acceptors (Lipinski definition) is 5. The SMILES string of the molecule is c1ccc(CO[C@@H]([C@H](COC(c2ccccc2)(c2ccccc2)c2ccccc2)OCc2ccccc2)[C@@H](OCc2ccccc2)c2nc3c([nH]2)CCCC3)cc1. The highest BCUT2D eigenvalue weighted by Gasteiger charge is 2.42. The van der Waals surface area contributed by atoms with Crippen LogP contribution in [-0.2, 0) is 57.2 Å². The molecule has 6 aromatic carbocycles. The van der Waals surface area contributed by atoms with Gasteiger partial charge in [-0.05, 0) is 59.1 Å². The molecule has 0 saturated carbocycles. The minimum absolute atomic E-state index is 0.177. The number of hydrogen-bond donors (Lipinski definition) is 1. The Bertz CT molecular complexity index is 2100. The normalized spacial score (nSPS) is 14.4. The molecular formula is C51H50N2O4. The summed E-state index contributed by atoms with van der Waals surface area (Å²) in [6.45, 7) is 1.26. The summed E-state index contributed by atoms with van der Waals surface area (Å²) in [5, 5.41) is 0. The first-order valence-electron chi connectivity index (χ1n) is 20.1. The zero-order chi connectivity index (χ0) is 38.5. The van der Waals surface area contributed by atoms with Crippen LogP contribution in [0.3, 0.4) is 0 Å². The highest BCUT2D eigenvalue weighted by Crippen LogP contribution is 2.41. The fourth-order valence-electron chi connectivity index (χ4n) is 7.85. The van der Waals surface area contributed by atoms with Gasteiger partial charge in [-0.1, -0.05) is 182 Å². The number of rotatable bonds is 18. The van der Waals surface area contributed by atoms with Crippen LogP contribution in [0.5, 0.6) is 0 Å². The van der Waals surface area contributed by atoms with E-state index in [4.69, 9.17) is 23.9 Å². The quantitative estimate of drug-likeness (QED) is 0.0884. The van der Waals surface area contributed by atoms with E-state index in [9.17, 15) is 0 Å². The predicted octanol–water partition coefficient (Wildman–Crippen LogP) is 10.7. The molecular weight excluding hydrogens is 705 g/mol. The Morgan fingerprint density at radius 2 is 0.912 bits per heavy atom. The lowest BCUT2D eigenvalue weighted by molar-refractivity contribution is -0.179. The minimum Gasteiger partial charge on any atom is -0.368 e. The molecule has 1 aliphatic rings. The van der Waals surface area contributed by atoms with E-state index in [0.717, 1.165) is 70.6 Å². The third kappa shape index (κ3) is 9.33. The second kappa shape index (κ2) is 19.0. The maximum atomic E-state index is 7.51. The molecule has 57 heavy (non-hydrogen) atoms. The van der Waals surface area contributed by atoms with Gasteiger partial charge in [0.2, 0.25) is 0 Å². The Morgan fingerprint density at radius 1 is 0.491 bits per heavy atom. The van der Waals surface area contributed by atoms with Crippen molar-refractivity contribution in [3.05, 3.63) is 233 Å². The number of aromatic nitrogens is 2. The molecule has 7 aromatic rings. The molecule has 1 aliphatic carbocycles. The van der Waals surface area contributed by atoms with Crippen molar-refractivity contribution in [2.24, 2.45) is 0 Å². The number of aryl methyl sites for hydroxylation is 2. The first-order chi connectivity index (χ1) is 28.3. The molecule has 3 atom stereocenters. The van der Waals surface area contributed by atoms with Crippen molar-refractivity contribution < 1.29 is 18.9 Å². The molecule has 0 saturated heterocycles. The molecule has 0 spiro atoms. The maximum Gasteiger partial charge on any atom is 0.144 e. The van der Waals surface area contributed by atoms with E-state index in [-0.39, 0.29) is 6.61 Å². The van der Waals surface area contributed by atoms with E-state index in [1.165, 1.54) is 5.69 Å². The molecule has 1 heterocycles. The van der Waals surface area contributed by atoms with Gasteiger partial charge in [-0.25, -0.2) is 4.98 Å². The average molecular weight is 755 g/mol. The van der Waals surface area contributed by atoms with Gasteiger partial charge in [0.25, 0.3) is 0 Å². The molecule has 1 aromatic heterocycles. The Balaban J connectivity index is 1.24. The van der Waals surface area contributed by atoms with Gasteiger partial charge < -0.3 is 23.9 Å². The van der Waals surface area contributed by atoms with Gasteiger partial charge in [-0.15, -0.1) is 0 Å². The zero-order valence-electron chi connectivity index (χ0n) is 32.3. The van der Waals surface area contributed by atoms with Gasteiger partial charge in [0.1, 0.15) is 29.7 Å². The van der Waals surface area contributed by atoms with Gasteiger partial charge in [-0.2, -0.15) is 0 Å². The summed E-state index contributed by atoms with van der Waals surface area (Å²) in [7, 11) is 0. The van der Waals surface area contributed by atoms with Crippen molar-refractivity contribution in [1.29, 1.82) is 0 Å². The first kappa shape index (κ1) is 38.3. The van der Waals surface area contributed by atoms with Crippen LogP contribution in [0.1, 0.15) is 69.5 Å². The van der Waals surface area contributed by atoms with Crippen molar-refractivity contribution >= 4 is 0 Å². The van der Waals surface area contributed by atoms with Crippen molar-refractivity contribution in [2.75, 3.05) is 6.61 Å². The Morgan fingerprint density at radius 3 is 1.39 bits per heavy atom. The third-order valence-corrected chi connectivity index (χ3v) is 10.8. The standard InChI is InChI=1S/C51H50N2O4/c1-7-21-39(22-8-1)35-54-47(38-57-51(42-27-13-4-14-28-42,43-29-15-5-16-30-43)44-31-17-6-18-32-44)48(55-36-40-23-9-2-10-24-40)49(56-37-41-25-11-3-12-26-41)50-52-45-33-19-20-34-46(45)53-50/h1-18,21-32,47-49H,19-20,33-38H2,(H,52,53)/t47-,48-,49+/m0/s1. The number of aromatic amines is 1. The Labute approximate surface area is 336 Å². The van der Waals surface area contributed by atoms with Crippen molar-refractivity contribution in [2.45, 2.75) is 69.4 Å². The van der Waals surface area contributed by atoms with E-state index in [0.29, 0.717) is 19.8 Å². The highest BCUT2D eigenvalue weighted by molar-refractivity contribution is 5.47. The minimum atomic E-state index is -0.966. The molecule has 0 amide bonds. The second-order valence-electron chi connectivity index (χ2n) is 14.7. The summed E-state index contributed by atoms with van der Waals surface area (Å²) >= 11 is 0. The Hall–Kier alpha value is -5.63. The predicted molar refractivity (Wildman–Crippen MR) is 224 cm³/mol. The van der Waals surface area contributed by atoms with Crippen LogP contribution >= 0.6 is 0 Å². The molecule has 0 aliphatic heterocycles. The van der Waals surface area contributed by atoms with E-state index < -0.39 is 23.9 Å². The lowest BCUT2D eigenvalue weighted by Crippen LogP contribution is -2.44. The average Bonchev–Trinajstić information content (AvgIpc) is 3.72. The van der Waals surface area contributed by atoms with Gasteiger partial charge in [0.15, 0.2) is 0 Å². The first-order valence-corrected chi connectivity index (χ1v) is 20.1.